The lowest BCUT2D eigenvalue weighted by Gasteiger charge is -2.23. The molecule has 0 saturated carbocycles. The van der Waals surface area contributed by atoms with Gasteiger partial charge in [0.15, 0.2) is 0 Å². The largest absolute Gasteiger partial charge is 0.449 e. The Kier molecular flexibility index (Phi) is 7.95. The summed E-state index contributed by atoms with van der Waals surface area (Å²) in [5.41, 5.74) is 1.83. The van der Waals surface area contributed by atoms with Crippen LogP contribution in [-0.2, 0) is 4.74 Å². The first kappa shape index (κ1) is 21.1. The zero-order chi connectivity index (χ0) is 19.8. The average Bonchev–Trinajstić information content (AvgIpc) is 2.93. The zero-order valence-corrected chi connectivity index (χ0v) is 17.1. The van der Waals surface area contributed by atoms with Crippen LogP contribution in [0.25, 0.3) is 0 Å². The van der Waals surface area contributed by atoms with E-state index in [4.69, 9.17) is 4.74 Å². The monoisotopic (exact) mass is 375 g/mol. The van der Waals surface area contributed by atoms with E-state index in [0.717, 1.165) is 25.2 Å². The van der Waals surface area contributed by atoms with Gasteiger partial charge in [-0.2, -0.15) is 0 Å². The first-order valence-electron chi connectivity index (χ1n) is 10.0. The van der Waals surface area contributed by atoms with Crippen LogP contribution in [0.4, 0.5) is 10.5 Å². The van der Waals surface area contributed by atoms with Gasteiger partial charge in [-0.15, -0.1) is 0 Å². The molecular weight excluding hydrogens is 342 g/mol. The third-order valence-corrected chi connectivity index (χ3v) is 4.82. The molecule has 150 valence electrons. The summed E-state index contributed by atoms with van der Waals surface area (Å²) in [6, 6.07) is 7.81. The average molecular weight is 376 g/mol. The van der Waals surface area contributed by atoms with E-state index in [9.17, 15) is 9.59 Å². The first-order valence-corrected chi connectivity index (χ1v) is 10.0. The van der Waals surface area contributed by atoms with Gasteiger partial charge in [0.25, 0.3) is 5.91 Å². The maximum atomic E-state index is 12.8. The van der Waals surface area contributed by atoms with Crippen molar-refractivity contribution in [3.8, 4) is 0 Å². The molecule has 0 bridgehead atoms. The minimum absolute atomic E-state index is 0.0264. The Labute approximate surface area is 163 Å². The van der Waals surface area contributed by atoms with Gasteiger partial charge in [0.1, 0.15) is 0 Å². The fourth-order valence-electron chi connectivity index (χ4n) is 3.22. The van der Waals surface area contributed by atoms with Gasteiger partial charge >= 0.3 is 6.09 Å². The molecule has 6 nitrogen and oxygen atoms in total. The molecule has 1 heterocycles. The number of anilines is 1. The smallest absolute Gasteiger partial charge is 0.409 e. The van der Waals surface area contributed by atoms with E-state index in [2.05, 4.69) is 18.7 Å². The third kappa shape index (κ3) is 5.88. The SMILES string of the molecule is CCN(CC)c1ccc(C(=O)N2CCCN(C(=O)OCC(C)C)CC2)cc1. The summed E-state index contributed by atoms with van der Waals surface area (Å²) in [6.45, 7) is 12.9. The van der Waals surface area contributed by atoms with Crippen LogP contribution >= 0.6 is 0 Å². The second kappa shape index (κ2) is 10.2. The topological polar surface area (TPSA) is 53.1 Å². The molecule has 1 fully saturated rings. The van der Waals surface area contributed by atoms with E-state index in [1.807, 2.05) is 43.0 Å². The van der Waals surface area contributed by atoms with Gasteiger partial charge in [0.2, 0.25) is 0 Å². The van der Waals surface area contributed by atoms with Crippen LogP contribution < -0.4 is 4.90 Å². The van der Waals surface area contributed by atoms with Crippen LogP contribution in [0, 0.1) is 5.92 Å². The molecule has 0 aliphatic carbocycles. The van der Waals surface area contributed by atoms with E-state index in [1.165, 1.54) is 0 Å². The molecule has 27 heavy (non-hydrogen) atoms. The van der Waals surface area contributed by atoms with Gasteiger partial charge < -0.3 is 19.4 Å². The Morgan fingerprint density at radius 3 is 2.19 bits per heavy atom. The Hall–Kier alpha value is -2.24. The van der Waals surface area contributed by atoms with Gasteiger partial charge in [0, 0.05) is 50.5 Å². The second-order valence-corrected chi connectivity index (χ2v) is 7.32. The minimum atomic E-state index is -0.276. The number of hydrogen-bond acceptors (Lipinski definition) is 4. The molecule has 1 aromatic rings. The highest BCUT2D eigenvalue weighted by Crippen LogP contribution is 2.17. The summed E-state index contributed by atoms with van der Waals surface area (Å²) in [6.07, 6.45) is 0.488. The fraction of sp³-hybridized carbons (Fsp3) is 0.619. The molecule has 0 unspecified atom stereocenters. The summed E-state index contributed by atoms with van der Waals surface area (Å²) in [5, 5.41) is 0. The molecule has 0 N–H and O–H groups in total. The van der Waals surface area contributed by atoms with Crippen molar-refractivity contribution in [1.29, 1.82) is 0 Å². The van der Waals surface area contributed by atoms with Crippen LogP contribution in [0.1, 0.15) is 44.5 Å². The summed E-state index contributed by atoms with van der Waals surface area (Å²) in [5.74, 6) is 0.344. The van der Waals surface area contributed by atoms with Crippen molar-refractivity contribution in [2.24, 2.45) is 5.92 Å². The molecule has 0 radical (unpaired) electrons. The minimum Gasteiger partial charge on any atom is -0.449 e. The highest BCUT2D eigenvalue weighted by atomic mass is 16.6. The fourth-order valence-corrected chi connectivity index (χ4v) is 3.22. The van der Waals surface area contributed by atoms with Crippen LogP contribution in [0.3, 0.4) is 0 Å². The zero-order valence-electron chi connectivity index (χ0n) is 17.1. The Bertz CT molecular complexity index is 612. The third-order valence-electron chi connectivity index (χ3n) is 4.82. The summed E-state index contributed by atoms with van der Waals surface area (Å²) >= 11 is 0. The molecule has 0 atom stereocenters. The lowest BCUT2D eigenvalue weighted by molar-refractivity contribution is 0.0746. The van der Waals surface area contributed by atoms with E-state index in [-0.39, 0.29) is 12.0 Å². The van der Waals surface area contributed by atoms with Crippen LogP contribution in [0.5, 0.6) is 0 Å². The van der Waals surface area contributed by atoms with E-state index in [0.29, 0.717) is 44.3 Å². The number of ether oxygens (including phenoxy) is 1. The molecule has 2 amide bonds. The van der Waals surface area contributed by atoms with Crippen molar-refractivity contribution in [3.05, 3.63) is 29.8 Å². The maximum Gasteiger partial charge on any atom is 0.409 e. The number of amides is 2. The second-order valence-electron chi connectivity index (χ2n) is 7.32. The normalized spacial score (nSPS) is 14.9. The molecule has 0 aromatic heterocycles. The number of rotatable bonds is 6. The molecular formula is C21H33N3O3. The molecule has 0 spiro atoms. The van der Waals surface area contributed by atoms with Crippen molar-refractivity contribution in [2.75, 3.05) is 50.8 Å². The molecule has 2 rings (SSSR count). The van der Waals surface area contributed by atoms with Crippen molar-refractivity contribution in [2.45, 2.75) is 34.1 Å². The number of benzene rings is 1. The number of carbonyl (C=O) groups is 2. The molecule has 6 heteroatoms. The van der Waals surface area contributed by atoms with Crippen molar-refractivity contribution >= 4 is 17.7 Å². The molecule has 1 aliphatic rings. The van der Waals surface area contributed by atoms with E-state index < -0.39 is 0 Å². The molecule has 1 aliphatic heterocycles. The number of carbonyl (C=O) groups excluding carboxylic acids is 2. The standard InChI is InChI=1S/C21H33N3O3/c1-5-22(6-2)19-10-8-18(9-11-19)20(25)23-12-7-13-24(15-14-23)21(26)27-16-17(3)4/h8-11,17H,5-7,12-16H2,1-4H3. The highest BCUT2D eigenvalue weighted by molar-refractivity contribution is 5.94. The lowest BCUT2D eigenvalue weighted by Crippen LogP contribution is -2.38. The van der Waals surface area contributed by atoms with Crippen LogP contribution in [-0.4, -0.2) is 67.7 Å². The molecule has 1 aromatic carbocycles. The van der Waals surface area contributed by atoms with Gasteiger partial charge in [-0.3, -0.25) is 4.79 Å². The highest BCUT2D eigenvalue weighted by Gasteiger charge is 2.23. The van der Waals surface area contributed by atoms with Crippen molar-refractivity contribution in [3.63, 3.8) is 0 Å². The summed E-state index contributed by atoms with van der Waals surface area (Å²) in [7, 11) is 0. The Morgan fingerprint density at radius 2 is 1.59 bits per heavy atom. The first-order chi connectivity index (χ1) is 13.0. The van der Waals surface area contributed by atoms with E-state index in [1.54, 1.807) is 4.90 Å². The van der Waals surface area contributed by atoms with Gasteiger partial charge in [0.05, 0.1) is 6.61 Å². The maximum absolute atomic E-state index is 12.8. The number of hydrogen-bond donors (Lipinski definition) is 0. The lowest BCUT2D eigenvalue weighted by atomic mass is 10.1. The summed E-state index contributed by atoms with van der Waals surface area (Å²) in [4.78, 5) is 30.8. The van der Waals surface area contributed by atoms with Crippen LogP contribution in [0.2, 0.25) is 0 Å². The Morgan fingerprint density at radius 1 is 1.00 bits per heavy atom. The van der Waals surface area contributed by atoms with Crippen molar-refractivity contribution < 1.29 is 14.3 Å². The van der Waals surface area contributed by atoms with Crippen LogP contribution in [0.15, 0.2) is 24.3 Å². The van der Waals surface area contributed by atoms with Gasteiger partial charge in [-0.25, -0.2) is 4.79 Å². The predicted molar refractivity (Wildman–Crippen MR) is 108 cm³/mol. The van der Waals surface area contributed by atoms with Gasteiger partial charge in [-0.05, 0) is 50.5 Å². The predicted octanol–water partition coefficient (Wildman–Crippen LogP) is 3.47. The molecule has 1 saturated heterocycles. The number of nitrogens with zero attached hydrogens (tertiary/aromatic N) is 3. The Balaban J connectivity index is 1.94. The van der Waals surface area contributed by atoms with Gasteiger partial charge in [-0.1, -0.05) is 13.8 Å². The van der Waals surface area contributed by atoms with Crippen molar-refractivity contribution in [1.82, 2.24) is 9.80 Å². The quantitative estimate of drug-likeness (QED) is 0.764. The summed E-state index contributed by atoms with van der Waals surface area (Å²) < 4.78 is 5.31. The van der Waals surface area contributed by atoms with E-state index >= 15 is 0 Å².